The van der Waals surface area contributed by atoms with Gasteiger partial charge in [0.1, 0.15) is 16.1 Å². The molecule has 0 bridgehead atoms. The summed E-state index contributed by atoms with van der Waals surface area (Å²) in [6.45, 7) is 4.78. The molecule has 0 radical (unpaired) electrons. The molecular weight excluding hydrogens is 356 g/mol. The first-order valence-corrected chi connectivity index (χ1v) is 8.45. The van der Waals surface area contributed by atoms with E-state index in [9.17, 15) is 0 Å². The van der Waals surface area contributed by atoms with Crippen LogP contribution in [0.15, 0.2) is 47.6 Å². The molecule has 4 heterocycles. The van der Waals surface area contributed by atoms with Crippen LogP contribution in [0.2, 0.25) is 0 Å². The number of hydrogen-bond donors (Lipinski definition) is 0. The Kier molecular flexibility index (Phi) is 3.97. The molecule has 1 aliphatic rings. The molecule has 1 saturated heterocycles. The van der Waals surface area contributed by atoms with Gasteiger partial charge < -0.3 is 4.90 Å². The SMILES string of the molecule is Brc1c(CN2CCN(c3cnccn3)CC2)nc2ccccn12. The molecule has 3 aromatic rings. The Balaban J connectivity index is 1.43. The number of hydrogen-bond acceptors (Lipinski definition) is 5. The van der Waals surface area contributed by atoms with Crippen LogP contribution >= 0.6 is 15.9 Å². The van der Waals surface area contributed by atoms with Crippen molar-refractivity contribution < 1.29 is 0 Å². The van der Waals surface area contributed by atoms with Gasteiger partial charge in [0.15, 0.2) is 0 Å². The van der Waals surface area contributed by atoms with Crippen molar-refractivity contribution in [1.82, 2.24) is 24.3 Å². The number of piperazine rings is 1. The molecule has 6 nitrogen and oxygen atoms in total. The summed E-state index contributed by atoms with van der Waals surface area (Å²) in [5.74, 6) is 0.959. The number of imidazole rings is 1. The van der Waals surface area contributed by atoms with Gasteiger partial charge in [-0.2, -0.15) is 0 Å². The second kappa shape index (κ2) is 6.25. The highest BCUT2D eigenvalue weighted by atomic mass is 79.9. The second-order valence-corrected chi connectivity index (χ2v) is 6.36. The first-order valence-electron chi connectivity index (χ1n) is 7.66. The molecule has 0 unspecified atom stereocenters. The molecule has 4 rings (SSSR count). The smallest absolute Gasteiger partial charge is 0.147 e. The first-order chi connectivity index (χ1) is 11.3. The van der Waals surface area contributed by atoms with Crippen molar-refractivity contribution in [1.29, 1.82) is 0 Å². The second-order valence-electron chi connectivity index (χ2n) is 5.60. The molecule has 3 aromatic heterocycles. The third-order valence-electron chi connectivity index (χ3n) is 4.16. The summed E-state index contributed by atoms with van der Waals surface area (Å²) in [5, 5.41) is 0. The van der Waals surface area contributed by atoms with Gasteiger partial charge in [-0.15, -0.1) is 0 Å². The van der Waals surface area contributed by atoms with Crippen LogP contribution in [-0.4, -0.2) is 50.4 Å². The maximum atomic E-state index is 4.72. The third kappa shape index (κ3) is 2.94. The van der Waals surface area contributed by atoms with Gasteiger partial charge in [-0.3, -0.25) is 14.3 Å². The zero-order valence-corrected chi connectivity index (χ0v) is 14.2. The molecular formula is C16H17BrN6. The fraction of sp³-hybridized carbons (Fsp3) is 0.312. The number of rotatable bonds is 3. The summed E-state index contributed by atoms with van der Waals surface area (Å²) in [6, 6.07) is 6.06. The molecule has 0 N–H and O–H groups in total. The molecule has 0 saturated carbocycles. The molecule has 0 spiro atoms. The Labute approximate surface area is 142 Å². The topological polar surface area (TPSA) is 49.6 Å². The van der Waals surface area contributed by atoms with Crippen LogP contribution in [0.1, 0.15) is 5.69 Å². The van der Waals surface area contributed by atoms with Crippen LogP contribution in [0.3, 0.4) is 0 Å². The molecule has 7 heteroatoms. The summed E-state index contributed by atoms with van der Waals surface area (Å²) in [4.78, 5) is 18.0. The fourth-order valence-corrected chi connectivity index (χ4v) is 3.43. The predicted octanol–water partition coefficient (Wildman–Crippen LogP) is 2.21. The van der Waals surface area contributed by atoms with E-state index in [1.54, 1.807) is 12.4 Å². The normalized spacial score (nSPS) is 16.1. The van der Waals surface area contributed by atoms with Crippen molar-refractivity contribution >= 4 is 27.4 Å². The van der Waals surface area contributed by atoms with E-state index >= 15 is 0 Å². The van der Waals surface area contributed by atoms with Gasteiger partial charge in [0.2, 0.25) is 0 Å². The number of fused-ring (bicyclic) bond motifs is 1. The van der Waals surface area contributed by atoms with Gasteiger partial charge in [-0.05, 0) is 28.1 Å². The van der Waals surface area contributed by atoms with Crippen molar-refractivity contribution in [3.8, 4) is 0 Å². The van der Waals surface area contributed by atoms with E-state index in [4.69, 9.17) is 4.98 Å². The lowest BCUT2D eigenvalue weighted by Crippen LogP contribution is -2.46. The van der Waals surface area contributed by atoms with Gasteiger partial charge in [-0.1, -0.05) is 6.07 Å². The molecule has 118 valence electrons. The average molecular weight is 373 g/mol. The van der Waals surface area contributed by atoms with Crippen LogP contribution in [0.5, 0.6) is 0 Å². The minimum Gasteiger partial charge on any atom is -0.353 e. The standard InChI is InChI=1S/C16H17BrN6/c17-16-13(20-14-3-1-2-6-23(14)16)12-21-7-9-22(10-8-21)15-11-18-4-5-19-15/h1-6,11H,7-10,12H2. The molecule has 0 amide bonds. The van der Waals surface area contributed by atoms with Crippen LogP contribution in [0.4, 0.5) is 5.82 Å². The van der Waals surface area contributed by atoms with Gasteiger partial charge in [0.05, 0.1) is 11.9 Å². The van der Waals surface area contributed by atoms with Crippen molar-refractivity contribution in [3.05, 3.63) is 53.3 Å². The van der Waals surface area contributed by atoms with E-state index < -0.39 is 0 Å². The van der Waals surface area contributed by atoms with E-state index in [1.165, 1.54) is 0 Å². The Morgan fingerprint density at radius 3 is 2.70 bits per heavy atom. The van der Waals surface area contributed by atoms with Gasteiger partial charge in [-0.25, -0.2) is 9.97 Å². The highest BCUT2D eigenvalue weighted by Crippen LogP contribution is 2.21. The maximum absolute atomic E-state index is 4.72. The molecule has 1 fully saturated rings. The van der Waals surface area contributed by atoms with Crippen molar-refractivity contribution in [2.45, 2.75) is 6.54 Å². The first kappa shape index (κ1) is 14.6. The van der Waals surface area contributed by atoms with Crippen LogP contribution < -0.4 is 4.90 Å². The highest BCUT2D eigenvalue weighted by molar-refractivity contribution is 9.10. The Bertz CT molecular complexity index is 795. The number of aromatic nitrogens is 4. The quantitative estimate of drug-likeness (QED) is 0.705. The minimum atomic E-state index is 0.858. The summed E-state index contributed by atoms with van der Waals surface area (Å²) in [7, 11) is 0. The van der Waals surface area contributed by atoms with E-state index in [2.05, 4.69) is 40.1 Å². The summed E-state index contributed by atoms with van der Waals surface area (Å²) >= 11 is 3.67. The average Bonchev–Trinajstić information content (AvgIpc) is 2.93. The summed E-state index contributed by atoms with van der Waals surface area (Å²) in [6.07, 6.45) is 7.31. The van der Waals surface area contributed by atoms with Crippen LogP contribution in [0, 0.1) is 0 Å². The molecule has 1 aliphatic heterocycles. The van der Waals surface area contributed by atoms with Gasteiger partial charge in [0.25, 0.3) is 0 Å². The molecule has 23 heavy (non-hydrogen) atoms. The van der Waals surface area contributed by atoms with Crippen LogP contribution in [-0.2, 0) is 6.54 Å². The minimum absolute atomic E-state index is 0.858. The van der Waals surface area contributed by atoms with Crippen LogP contribution in [0.25, 0.3) is 5.65 Å². The zero-order valence-electron chi connectivity index (χ0n) is 12.6. The number of halogens is 1. The predicted molar refractivity (Wildman–Crippen MR) is 92.4 cm³/mol. The van der Waals surface area contributed by atoms with E-state index in [0.717, 1.165) is 54.5 Å². The van der Waals surface area contributed by atoms with Crippen molar-refractivity contribution in [2.75, 3.05) is 31.1 Å². The Hall–Kier alpha value is -1.99. The molecule has 0 atom stereocenters. The van der Waals surface area contributed by atoms with E-state index in [-0.39, 0.29) is 0 Å². The van der Waals surface area contributed by atoms with Crippen molar-refractivity contribution in [2.24, 2.45) is 0 Å². The maximum Gasteiger partial charge on any atom is 0.147 e. The monoisotopic (exact) mass is 372 g/mol. The van der Waals surface area contributed by atoms with E-state index in [0.29, 0.717) is 0 Å². The largest absolute Gasteiger partial charge is 0.353 e. The number of pyridine rings is 1. The highest BCUT2D eigenvalue weighted by Gasteiger charge is 2.20. The van der Waals surface area contributed by atoms with E-state index in [1.807, 2.05) is 30.6 Å². The zero-order chi connectivity index (χ0) is 15.6. The van der Waals surface area contributed by atoms with Gasteiger partial charge >= 0.3 is 0 Å². The Morgan fingerprint density at radius 1 is 1.09 bits per heavy atom. The lowest BCUT2D eigenvalue weighted by molar-refractivity contribution is 0.246. The summed E-state index contributed by atoms with van der Waals surface area (Å²) < 4.78 is 3.12. The fourth-order valence-electron chi connectivity index (χ4n) is 2.92. The van der Waals surface area contributed by atoms with Gasteiger partial charge in [0, 0.05) is 51.3 Å². The number of anilines is 1. The molecule has 0 aromatic carbocycles. The van der Waals surface area contributed by atoms with Crippen molar-refractivity contribution in [3.63, 3.8) is 0 Å². The lowest BCUT2D eigenvalue weighted by Gasteiger charge is -2.34. The molecule has 0 aliphatic carbocycles. The Morgan fingerprint density at radius 2 is 1.96 bits per heavy atom. The number of nitrogens with zero attached hydrogens (tertiary/aromatic N) is 6. The third-order valence-corrected chi connectivity index (χ3v) is 5.00. The lowest BCUT2D eigenvalue weighted by atomic mass is 10.3. The summed E-state index contributed by atoms with van der Waals surface area (Å²) in [5.41, 5.74) is 2.07.